The molecule has 5 nitrogen and oxygen atoms in total. The standard InChI is InChI=1S/C35H35NO4/c1-21-18-28-32(35(39)36(34(28)38)27-12-8-5-9-13-27)29-20-40-30(31(21)29)15-14-26(25-10-6-4-7-11-25)19-24-16-22(2)33(37)23(3)17-24/h4-13,16-17,19,28-30,32,37H,14-15,18,20H2,1-3H3/b26-19-/t28-,29+,30-,32-/m1/s1. The number of rotatable bonds is 6. The number of anilines is 1. The molecule has 0 bridgehead atoms. The number of benzene rings is 3. The predicted octanol–water partition coefficient (Wildman–Crippen LogP) is 6.87. The Kier molecular flexibility index (Phi) is 6.93. The van der Waals surface area contributed by atoms with Gasteiger partial charge in [-0.05, 0) is 97.7 Å². The van der Waals surface area contributed by atoms with Crippen LogP contribution in [-0.2, 0) is 14.3 Å². The van der Waals surface area contributed by atoms with E-state index in [1.165, 1.54) is 21.6 Å². The Hall–Kier alpha value is -3.96. The second-order valence-corrected chi connectivity index (χ2v) is 11.4. The summed E-state index contributed by atoms with van der Waals surface area (Å²) in [6.07, 6.45) is 4.33. The van der Waals surface area contributed by atoms with Gasteiger partial charge >= 0.3 is 0 Å². The largest absolute Gasteiger partial charge is 0.507 e. The second-order valence-electron chi connectivity index (χ2n) is 11.4. The summed E-state index contributed by atoms with van der Waals surface area (Å²) in [5.41, 5.74) is 8.21. The summed E-state index contributed by atoms with van der Waals surface area (Å²) in [6.45, 7) is 6.43. The summed E-state index contributed by atoms with van der Waals surface area (Å²) in [5, 5.41) is 10.3. The van der Waals surface area contributed by atoms with E-state index in [9.17, 15) is 14.7 Å². The maximum atomic E-state index is 13.6. The number of aromatic hydroxyl groups is 1. The quantitative estimate of drug-likeness (QED) is 0.213. The van der Waals surface area contributed by atoms with Crippen molar-refractivity contribution < 1.29 is 19.4 Å². The molecule has 3 aromatic carbocycles. The van der Waals surface area contributed by atoms with Gasteiger partial charge in [-0.2, -0.15) is 0 Å². The van der Waals surface area contributed by atoms with Crippen molar-refractivity contribution in [2.24, 2.45) is 17.8 Å². The lowest BCUT2D eigenvalue weighted by Gasteiger charge is -2.30. The molecule has 4 atom stereocenters. The maximum absolute atomic E-state index is 13.6. The summed E-state index contributed by atoms with van der Waals surface area (Å²) in [5.74, 6) is -0.568. The van der Waals surface area contributed by atoms with Crippen molar-refractivity contribution >= 4 is 29.2 Å². The van der Waals surface area contributed by atoms with Crippen molar-refractivity contribution in [2.45, 2.75) is 46.1 Å². The van der Waals surface area contributed by atoms with E-state index >= 15 is 0 Å². The normalized spacial score (nSPS) is 24.5. The van der Waals surface area contributed by atoms with Crippen molar-refractivity contribution in [3.8, 4) is 5.75 Å². The van der Waals surface area contributed by atoms with E-state index in [1.807, 2.05) is 74.5 Å². The van der Waals surface area contributed by atoms with Crippen LogP contribution in [0.5, 0.6) is 5.75 Å². The van der Waals surface area contributed by atoms with Crippen LogP contribution in [0.4, 0.5) is 5.69 Å². The lowest BCUT2D eigenvalue weighted by molar-refractivity contribution is -0.122. The van der Waals surface area contributed by atoms with Crippen LogP contribution in [0.1, 0.15) is 48.4 Å². The van der Waals surface area contributed by atoms with Gasteiger partial charge in [0.1, 0.15) is 5.75 Å². The topological polar surface area (TPSA) is 66.8 Å². The highest BCUT2D eigenvalue weighted by Crippen LogP contribution is 2.50. The second kappa shape index (κ2) is 10.5. The van der Waals surface area contributed by atoms with E-state index in [2.05, 4.69) is 25.1 Å². The van der Waals surface area contributed by atoms with E-state index in [1.54, 1.807) is 0 Å². The molecule has 0 spiro atoms. The molecule has 0 radical (unpaired) electrons. The van der Waals surface area contributed by atoms with Crippen LogP contribution < -0.4 is 4.90 Å². The fourth-order valence-electron chi connectivity index (χ4n) is 6.97. The Morgan fingerprint density at radius 1 is 0.925 bits per heavy atom. The molecule has 3 aliphatic rings. The molecule has 40 heavy (non-hydrogen) atoms. The Balaban J connectivity index is 1.26. The number of hydrogen-bond acceptors (Lipinski definition) is 4. The maximum Gasteiger partial charge on any atom is 0.238 e. The summed E-state index contributed by atoms with van der Waals surface area (Å²) in [4.78, 5) is 28.4. The molecule has 2 heterocycles. The third kappa shape index (κ3) is 4.58. The van der Waals surface area contributed by atoms with Gasteiger partial charge in [0.15, 0.2) is 0 Å². The Labute approximate surface area is 235 Å². The minimum atomic E-state index is -0.358. The first-order chi connectivity index (χ1) is 19.3. The van der Waals surface area contributed by atoms with Crippen molar-refractivity contribution in [1.82, 2.24) is 0 Å². The van der Waals surface area contributed by atoms with Gasteiger partial charge in [-0.15, -0.1) is 0 Å². The number of phenols is 1. The molecule has 1 aliphatic carbocycles. The third-order valence-electron chi connectivity index (χ3n) is 8.84. The monoisotopic (exact) mass is 533 g/mol. The number of amides is 2. The lowest BCUT2D eigenvalue weighted by atomic mass is 9.70. The number of imide groups is 1. The SMILES string of the molecule is CC1=C2[C@@H](CC/C(=C/c3cc(C)c(O)c(C)c3)c3ccccc3)OC[C@@H]2[C@@H]2C(=O)N(c3ccccc3)C(=O)[C@@H]2C1. The number of aryl methyl sites for hydroxylation is 2. The van der Waals surface area contributed by atoms with Crippen LogP contribution in [0.15, 0.2) is 83.9 Å². The van der Waals surface area contributed by atoms with Gasteiger partial charge in [0.25, 0.3) is 0 Å². The number of carbonyl (C=O) groups excluding carboxylic acids is 2. The van der Waals surface area contributed by atoms with Gasteiger partial charge < -0.3 is 9.84 Å². The van der Waals surface area contributed by atoms with Gasteiger partial charge in [0.05, 0.1) is 30.2 Å². The van der Waals surface area contributed by atoms with Crippen LogP contribution >= 0.6 is 0 Å². The molecular formula is C35H35NO4. The number of ether oxygens (including phenoxy) is 1. The number of hydrogen-bond donors (Lipinski definition) is 1. The van der Waals surface area contributed by atoms with Crippen molar-refractivity contribution in [3.05, 3.63) is 106 Å². The van der Waals surface area contributed by atoms with Gasteiger partial charge in [-0.3, -0.25) is 14.5 Å². The highest BCUT2D eigenvalue weighted by Gasteiger charge is 2.56. The lowest BCUT2D eigenvalue weighted by Crippen LogP contribution is -2.34. The molecule has 2 amide bonds. The average molecular weight is 534 g/mol. The first-order valence-corrected chi connectivity index (χ1v) is 14.1. The minimum Gasteiger partial charge on any atom is -0.507 e. The molecule has 6 rings (SSSR count). The van der Waals surface area contributed by atoms with Crippen LogP contribution in [-0.4, -0.2) is 29.6 Å². The highest BCUT2D eigenvalue weighted by molar-refractivity contribution is 6.22. The zero-order chi connectivity index (χ0) is 28.0. The molecule has 204 valence electrons. The van der Waals surface area contributed by atoms with E-state index in [0.29, 0.717) is 24.5 Å². The van der Waals surface area contributed by atoms with Crippen molar-refractivity contribution in [3.63, 3.8) is 0 Å². The van der Waals surface area contributed by atoms with Crippen molar-refractivity contribution in [2.75, 3.05) is 11.5 Å². The Morgan fingerprint density at radius 2 is 1.57 bits per heavy atom. The zero-order valence-corrected chi connectivity index (χ0v) is 23.3. The van der Waals surface area contributed by atoms with Crippen LogP contribution in [0, 0.1) is 31.6 Å². The van der Waals surface area contributed by atoms with E-state index < -0.39 is 0 Å². The Morgan fingerprint density at radius 3 is 2.25 bits per heavy atom. The first kappa shape index (κ1) is 26.3. The molecule has 2 saturated heterocycles. The molecule has 0 aromatic heterocycles. The number of para-hydroxylation sites is 1. The summed E-state index contributed by atoms with van der Waals surface area (Å²) in [7, 11) is 0. The molecule has 3 aromatic rings. The molecule has 2 fully saturated rings. The van der Waals surface area contributed by atoms with Gasteiger partial charge in [0, 0.05) is 5.92 Å². The highest BCUT2D eigenvalue weighted by atomic mass is 16.5. The van der Waals surface area contributed by atoms with Crippen LogP contribution in [0.25, 0.3) is 11.6 Å². The summed E-state index contributed by atoms with van der Waals surface area (Å²) in [6, 6.07) is 23.7. The fourth-order valence-corrected chi connectivity index (χ4v) is 6.97. The fraction of sp³-hybridized carbons (Fsp3) is 0.314. The summed E-state index contributed by atoms with van der Waals surface area (Å²) < 4.78 is 6.39. The molecule has 1 N–H and O–H groups in total. The van der Waals surface area contributed by atoms with E-state index in [4.69, 9.17) is 4.74 Å². The van der Waals surface area contributed by atoms with Crippen LogP contribution in [0.2, 0.25) is 0 Å². The van der Waals surface area contributed by atoms with Gasteiger partial charge in [-0.1, -0.05) is 60.2 Å². The van der Waals surface area contributed by atoms with E-state index in [0.717, 1.165) is 35.1 Å². The molecule has 0 saturated carbocycles. The molecule has 2 aliphatic heterocycles. The predicted molar refractivity (Wildman–Crippen MR) is 158 cm³/mol. The minimum absolute atomic E-state index is 0.0551. The molecule has 0 unspecified atom stereocenters. The van der Waals surface area contributed by atoms with Crippen molar-refractivity contribution in [1.29, 1.82) is 0 Å². The number of carbonyl (C=O) groups is 2. The summed E-state index contributed by atoms with van der Waals surface area (Å²) >= 11 is 0. The number of fused-ring (bicyclic) bond motifs is 3. The smallest absolute Gasteiger partial charge is 0.238 e. The van der Waals surface area contributed by atoms with Gasteiger partial charge in [-0.25, -0.2) is 0 Å². The number of allylic oxidation sites excluding steroid dienone is 2. The van der Waals surface area contributed by atoms with E-state index in [-0.39, 0.29) is 35.7 Å². The molecular weight excluding hydrogens is 498 g/mol. The van der Waals surface area contributed by atoms with Gasteiger partial charge in [0.2, 0.25) is 11.8 Å². The number of phenolic OH excluding ortho intramolecular Hbond substituents is 1. The number of nitrogens with zero attached hydrogens (tertiary/aromatic N) is 1. The third-order valence-corrected chi connectivity index (χ3v) is 8.84. The molecule has 5 heteroatoms. The Bertz CT molecular complexity index is 1500. The average Bonchev–Trinajstić information content (AvgIpc) is 3.49. The first-order valence-electron chi connectivity index (χ1n) is 14.1. The van der Waals surface area contributed by atoms with Crippen LogP contribution in [0.3, 0.4) is 0 Å². The zero-order valence-electron chi connectivity index (χ0n) is 23.3.